The monoisotopic (exact) mass is 214 g/mol. The third-order valence-corrected chi connectivity index (χ3v) is 3.23. The van der Waals surface area contributed by atoms with Crippen LogP contribution in [0.25, 0.3) is 0 Å². The molecule has 2 atom stereocenters. The van der Waals surface area contributed by atoms with Gasteiger partial charge in [0.1, 0.15) is 0 Å². The highest BCUT2D eigenvalue weighted by Crippen LogP contribution is 2.12. The first-order chi connectivity index (χ1) is 7.26. The number of nitrogens with one attached hydrogen (secondary N) is 1. The van der Waals surface area contributed by atoms with Crippen LogP contribution in [0.3, 0.4) is 0 Å². The Hall–Kier alpha value is -0.120. The molecule has 1 heterocycles. The summed E-state index contributed by atoms with van der Waals surface area (Å²) in [5, 5.41) is 3.45. The Kier molecular flexibility index (Phi) is 6.22. The molecule has 0 bridgehead atoms. The first kappa shape index (κ1) is 12.9. The maximum absolute atomic E-state index is 5.35. The van der Waals surface area contributed by atoms with Crippen LogP contribution in [0, 0.1) is 0 Å². The molecule has 90 valence electrons. The summed E-state index contributed by atoms with van der Waals surface area (Å²) in [6, 6.07) is 0.663. The smallest absolute Gasteiger partial charge is 0.0710 e. The van der Waals surface area contributed by atoms with Gasteiger partial charge in [-0.05, 0) is 39.3 Å². The van der Waals surface area contributed by atoms with Crippen molar-refractivity contribution >= 4 is 0 Å². The molecular formula is C12H26N2O. The number of nitrogens with zero attached hydrogens (tertiary/aromatic N) is 1. The molecule has 0 aliphatic carbocycles. The molecular weight excluding hydrogens is 188 g/mol. The molecule has 1 aliphatic rings. The Bertz CT molecular complexity index is 164. The fraction of sp³-hybridized carbons (Fsp3) is 1.00. The lowest BCUT2D eigenvalue weighted by Gasteiger charge is -2.17. The number of rotatable bonds is 7. The van der Waals surface area contributed by atoms with Gasteiger partial charge in [0.2, 0.25) is 0 Å². The summed E-state index contributed by atoms with van der Waals surface area (Å²) in [4.78, 5) is 2.52. The van der Waals surface area contributed by atoms with Gasteiger partial charge in [-0.3, -0.25) is 0 Å². The second kappa shape index (κ2) is 7.20. The quantitative estimate of drug-likeness (QED) is 0.695. The minimum atomic E-state index is 0.483. The second-order valence-corrected chi connectivity index (χ2v) is 4.55. The number of ether oxygens (including phenoxy) is 1. The molecule has 0 spiro atoms. The van der Waals surface area contributed by atoms with Crippen molar-refractivity contribution in [3.05, 3.63) is 0 Å². The Labute approximate surface area is 94.2 Å². The van der Waals surface area contributed by atoms with E-state index >= 15 is 0 Å². The molecule has 1 saturated heterocycles. The fourth-order valence-electron chi connectivity index (χ4n) is 2.26. The Balaban J connectivity index is 2.01. The topological polar surface area (TPSA) is 24.5 Å². The predicted octanol–water partition coefficient (Wildman–Crippen LogP) is 1.49. The molecule has 1 aliphatic heterocycles. The van der Waals surface area contributed by atoms with Gasteiger partial charge in [-0.2, -0.15) is 0 Å². The normalized spacial score (nSPS) is 24.6. The summed E-state index contributed by atoms with van der Waals surface area (Å²) in [5.74, 6) is 0. The average Bonchev–Trinajstić information content (AvgIpc) is 2.66. The highest BCUT2D eigenvalue weighted by atomic mass is 16.5. The van der Waals surface area contributed by atoms with E-state index in [9.17, 15) is 0 Å². The summed E-state index contributed by atoms with van der Waals surface area (Å²) < 4.78 is 5.35. The van der Waals surface area contributed by atoms with Crippen molar-refractivity contribution in [2.24, 2.45) is 0 Å². The van der Waals surface area contributed by atoms with Crippen LogP contribution >= 0.6 is 0 Å². The maximum Gasteiger partial charge on any atom is 0.0710 e. The molecule has 15 heavy (non-hydrogen) atoms. The molecule has 0 aromatic rings. The van der Waals surface area contributed by atoms with Crippen molar-refractivity contribution in [2.75, 3.05) is 33.3 Å². The molecule has 1 rings (SSSR count). The first-order valence-corrected chi connectivity index (χ1v) is 6.24. The van der Waals surface area contributed by atoms with Crippen molar-refractivity contribution in [3.63, 3.8) is 0 Å². The molecule has 1 N–H and O–H groups in total. The summed E-state index contributed by atoms with van der Waals surface area (Å²) >= 11 is 0. The predicted molar refractivity (Wildman–Crippen MR) is 64.2 cm³/mol. The molecule has 1 fully saturated rings. The van der Waals surface area contributed by atoms with Crippen LogP contribution in [0.5, 0.6) is 0 Å². The number of likely N-dealkylation sites (tertiary alicyclic amines) is 1. The zero-order valence-electron chi connectivity index (χ0n) is 10.5. The van der Waals surface area contributed by atoms with Crippen molar-refractivity contribution in [2.45, 2.75) is 45.3 Å². The van der Waals surface area contributed by atoms with Crippen LogP contribution in [0.4, 0.5) is 0 Å². The molecule has 0 saturated carbocycles. The van der Waals surface area contributed by atoms with Crippen LogP contribution in [0.2, 0.25) is 0 Å². The van der Waals surface area contributed by atoms with E-state index in [1.807, 2.05) is 7.11 Å². The van der Waals surface area contributed by atoms with Gasteiger partial charge in [0.15, 0.2) is 0 Å². The summed E-state index contributed by atoms with van der Waals surface area (Å²) in [6.45, 7) is 9.10. The molecule has 3 nitrogen and oxygen atoms in total. The van der Waals surface area contributed by atoms with Crippen molar-refractivity contribution in [1.29, 1.82) is 0 Å². The van der Waals surface area contributed by atoms with Gasteiger partial charge in [-0.15, -0.1) is 0 Å². The van der Waals surface area contributed by atoms with Crippen LogP contribution in [0.15, 0.2) is 0 Å². The maximum atomic E-state index is 5.35. The number of methoxy groups -OCH3 is 1. The van der Waals surface area contributed by atoms with Gasteiger partial charge >= 0.3 is 0 Å². The minimum Gasteiger partial charge on any atom is -0.380 e. The SMILES string of the molecule is CCNC(C)CCCN1CCC(OC)C1. The van der Waals surface area contributed by atoms with E-state index in [2.05, 4.69) is 24.1 Å². The Morgan fingerprint density at radius 2 is 2.33 bits per heavy atom. The second-order valence-electron chi connectivity index (χ2n) is 4.55. The molecule has 3 heteroatoms. The van der Waals surface area contributed by atoms with E-state index in [1.165, 1.54) is 32.4 Å². The van der Waals surface area contributed by atoms with Crippen molar-refractivity contribution in [1.82, 2.24) is 10.2 Å². The van der Waals surface area contributed by atoms with Crippen LogP contribution in [0.1, 0.15) is 33.1 Å². The van der Waals surface area contributed by atoms with E-state index in [-0.39, 0.29) is 0 Å². The van der Waals surface area contributed by atoms with Crippen molar-refractivity contribution in [3.8, 4) is 0 Å². The number of hydrogen-bond acceptors (Lipinski definition) is 3. The van der Waals surface area contributed by atoms with Gasteiger partial charge in [0.25, 0.3) is 0 Å². The average molecular weight is 214 g/mol. The van der Waals surface area contributed by atoms with Gasteiger partial charge < -0.3 is 15.0 Å². The Morgan fingerprint density at radius 1 is 1.53 bits per heavy atom. The zero-order valence-corrected chi connectivity index (χ0v) is 10.5. The van der Waals surface area contributed by atoms with Crippen LogP contribution in [-0.4, -0.2) is 50.3 Å². The van der Waals surface area contributed by atoms with E-state index in [0.717, 1.165) is 13.1 Å². The molecule has 0 radical (unpaired) electrons. The highest BCUT2D eigenvalue weighted by molar-refractivity contribution is 4.75. The third-order valence-electron chi connectivity index (χ3n) is 3.23. The summed E-state index contributed by atoms with van der Waals surface area (Å²) in [7, 11) is 1.82. The van der Waals surface area contributed by atoms with Crippen molar-refractivity contribution < 1.29 is 4.74 Å². The third kappa shape index (κ3) is 4.96. The lowest BCUT2D eigenvalue weighted by atomic mass is 10.2. The zero-order chi connectivity index (χ0) is 11.1. The number of hydrogen-bond donors (Lipinski definition) is 1. The van der Waals surface area contributed by atoms with E-state index in [0.29, 0.717) is 12.1 Å². The minimum absolute atomic E-state index is 0.483. The largest absolute Gasteiger partial charge is 0.380 e. The lowest BCUT2D eigenvalue weighted by molar-refractivity contribution is 0.108. The fourth-order valence-corrected chi connectivity index (χ4v) is 2.26. The van der Waals surface area contributed by atoms with Gasteiger partial charge in [-0.1, -0.05) is 6.92 Å². The Morgan fingerprint density at radius 3 is 2.93 bits per heavy atom. The molecule has 0 aromatic carbocycles. The first-order valence-electron chi connectivity index (χ1n) is 6.24. The molecule has 0 aromatic heterocycles. The van der Waals surface area contributed by atoms with Gasteiger partial charge in [0, 0.05) is 26.2 Å². The van der Waals surface area contributed by atoms with E-state index in [4.69, 9.17) is 4.74 Å². The highest BCUT2D eigenvalue weighted by Gasteiger charge is 2.21. The van der Waals surface area contributed by atoms with E-state index < -0.39 is 0 Å². The molecule has 2 unspecified atom stereocenters. The standard InChI is InChI=1S/C12H26N2O/c1-4-13-11(2)6-5-8-14-9-7-12(10-14)15-3/h11-13H,4-10H2,1-3H3. The van der Waals surface area contributed by atoms with Gasteiger partial charge in [-0.25, -0.2) is 0 Å². The summed E-state index contributed by atoms with van der Waals surface area (Å²) in [5.41, 5.74) is 0. The van der Waals surface area contributed by atoms with Gasteiger partial charge in [0.05, 0.1) is 6.10 Å². The van der Waals surface area contributed by atoms with Crippen LogP contribution < -0.4 is 5.32 Å². The lowest BCUT2D eigenvalue weighted by Crippen LogP contribution is -2.28. The van der Waals surface area contributed by atoms with Crippen LogP contribution in [-0.2, 0) is 4.74 Å². The van der Waals surface area contributed by atoms with E-state index in [1.54, 1.807) is 0 Å². The molecule has 0 amide bonds. The summed E-state index contributed by atoms with van der Waals surface area (Å²) in [6.07, 6.45) is 4.27.